The summed E-state index contributed by atoms with van der Waals surface area (Å²) in [5.41, 5.74) is 3.83. The molecule has 0 unspecified atom stereocenters. The highest BCUT2D eigenvalue weighted by Crippen LogP contribution is 2.33. The summed E-state index contributed by atoms with van der Waals surface area (Å²) in [5.74, 6) is 0. The molecular weight excluding hydrogens is 484 g/mol. The van der Waals surface area contributed by atoms with Gasteiger partial charge in [0, 0.05) is 22.1 Å². The largest absolute Gasteiger partial charge is 0.456 e. The fourth-order valence-corrected chi connectivity index (χ4v) is 5.91. The zero-order valence-corrected chi connectivity index (χ0v) is 20.6. The summed E-state index contributed by atoms with van der Waals surface area (Å²) in [6.45, 7) is 3.84. The van der Waals surface area contributed by atoms with Crippen LogP contribution in [0.1, 0.15) is 11.1 Å². The second kappa shape index (κ2) is 8.44. The second-order valence-electron chi connectivity index (χ2n) is 8.36. The van der Waals surface area contributed by atoms with Crippen LogP contribution in [0.25, 0.3) is 21.9 Å². The molecule has 0 bridgehead atoms. The molecule has 1 aromatic heterocycles. The molecule has 7 nitrogen and oxygen atoms in total. The van der Waals surface area contributed by atoms with Crippen LogP contribution in [0.3, 0.4) is 0 Å². The molecule has 0 amide bonds. The molecule has 35 heavy (non-hydrogen) atoms. The summed E-state index contributed by atoms with van der Waals surface area (Å²) in [6.07, 6.45) is 0. The van der Waals surface area contributed by atoms with E-state index in [1.165, 1.54) is 24.3 Å². The lowest BCUT2D eigenvalue weighted by Crippen LogP contribution is -2.13. The van der Waals surface area contributed by atoms with Gasteiger partial charge in [0.1, 0.15) is 11.2 Å². The summed E-state index contributed by atoms with van der Waals surface area (Å²) in [5, 5.41) is 0.998. The first-order chi connectivity index (χ1) is 16.6. The third kappa shape index (κ3) is 4.60. The molecule has 5 aromatic rings. The van der Waals surface area contributed by atoms with Gasteiger partial charge < -0.3 is 4.42 Å². The van der Waals surface area contributed by atoms with Crippen LogP contribution in [0, 0.1) is 13.8 Å². The van der Waals surface area contributed by atoms with E-state index in [4.69, 9.17) is 4.42 Å². The maximum absolute atomic E-state index is 13.0. The Morgan fingerprint density at radius 3 is 1.29 bits per heavy atom. The predicted molar refractivity (Wildman–Crippen MR) is 138 cm³/mol. The fraction of sp³-hybridized carbons (Fsp3) is 0.0769. The average molecular weight is 507 g/mol. The second-order valence-corrected chi connectivity index (χ2v) is 11.7. The van der Waals surface area contributed by atoms with Crippen molar-refractivity contribution in [2.45, 2.75) is 23.6 Å². The Labute approximate surface area is 203 Å². The Balaban J connectivity index is 1.53. The Bertz CT molecular complexity index is 1640. The number of hydrogen-bond donors (Lipinski definition) is 2. The number of aryl methyl sites for hydroxylation is 2. The van der Waals surface area contributed by atoms with E-state index >= 15 is 0 Å². The minimum absolute atomic E-state index is 0.0410. The van der Waals surface area contributed by atoms with Crippen molar-refractivity contribution in [3.8, 4) is 0 Å². The minimum atomic E-state index is -3.87. The molecule has 9 heteroatoms. The Hall–Kier alpha value is -3.82. The number of sulfonamides is 2. The zero-order chi connectivity index (χ0) is 24.8. The molecule has 178 valence electrons. The molecule has 0 saturated carbocycles. The lowest BCUT2D eigenvalue weighted by atomic mass is 10.1. The van der Waals surface area contributed by atoms with Crippen LogP contribution in [0.5, 0.6) is 0 Å². The van der Waals surface area contributed by atoms with E-state index in [1.54, 1.807) is 36.4 Å². The maximum atomic E-state index is 13.0. The average Bonchev–Trinajstić information content (AvgIpc) is 3.19. The smallest absolute Gasteiger partial charge is 0.261 e. The van der Waals surface area contributed by atoms with Crippen LogP contribution in [-0.4, -0.2) is 16.8 Å². The van der Waals surface area contributed by atoms with E-state index in [0.717, 1.165) is 11.1 Å². The van der Waals surface area contributed by atoms with Crippen LogP contribution >= 0.6 is 0 Å². The van der Waals surface area contributed by atoms with Gasteiger partial charge in [-0.25, -0.2) is 16.8 Å². The summed E-state index contributed by atoms with van der Waals surface area (Å²) >= 11 is 0. The molecule has 2 N–H and O–H groups in total. The highest BCUT2D eigenvalue weighted by molar-refractivity contribution is 7.93. The summed E-state index contributed by atoms with van der Waals surface area (Å²) < 4.78 is 62.9. The highest BCUT2D eigenvalue weighted by atomic mass is 32.2. The van der Waals surface area contributed by atoms with Gasteiger partial charge in [0.05, 0.1) is 9.79 Å². The standard InChI is InChI=1S/C26H22N2O5S2/c1-17-3-7-19(8-4-17)27-34(29,30)21-11-13-25-23(15-21)24-16-22(12-14-26(24)33-25)35(31,32)28-20-9-5-18(2)6-10-20/h3-16,27-28H,1-2H3. The lowest BCUT2D eigenvalue weighted by molar-refractivity contribution is 0.599. The van der Waals surface area contributed by atoms with E-state index in [9.17, 15) is 16.8 Å². The summed E-state index contributed by atoms with van der Waals surface area (Å²) in [7, 11) is -7.74. The topological polar surface area (TPSA) is 105 Å². The number of anilines is 2. The monoisotopic (exact) mass is 506 g/mol. The first-order valence-electron chi connectivity index (χ1n) is 10.8. The molecular formula is C26H22N2O5S2. The van der Waals surface area contributed by atoms with E-state index in [0.29, 0.717) is 33.3 Å². The molecule has 0 aliphatic heterocycles. The molecule has 0 saturated heterocycles. The molecule has 0 atom stereocenters. The van der Waals surface area contributed by atoms with Gasteiger partial charge in [-0.15, -0.1) is 0 Å². The van der Waals surface area contributed by atoms with Crippen molar-refractivity contribution in [2.24, 2.45) is 0 Å². The predicted octanol–water partition coefficient (Wildman–Crippen LogP) is 5.80. The van der Waals surface area contributed by atoms with Crippen molar-refractivity contribution in [3.63, 3.8) is 0 Å². The molecule has 4 aromatic carbocycles. The van der Waals surface area contributed by atoms with Crippen molar-refractivity contribution in [1.29, 1.82) is 0 Å². The van der Waals surface area contributed by atoms with Crippen LogP contribution in [0.15, 0.2) is 99.1 Å². The van der Waals surface area contributed by atoms with Gasteiger partial charge in [-0.05, 0) is 74.5 Å². The number of rotatable bonds is 6. The van der Waals surface area contributed by atoms with E-state index in [-0.39, 0.29) is 9.79 Å². The molecule has 0 radical (unpaired) electrons. The maximum Gasteiger partial charge on any atom is 0.261 e. The van der Waals surface area contributed by atoms with E-state index < -0.39 is 20.0 Å². The number of hydrogen-bond acceptors (Lipinski definition) is 5. The van der Waals surface area contributed by atoms with Gasteiger partial charge in [0.2, 0.25) is 0 Å². The van der Waals surface area contributed by atoms with Crippen molar-refractivity contribution < 1.29 is 21.3 Å². The molecule has 1 heterocycles. The van der Waals surface area contributed by atoms with Gasteiger partial charge in [0.15, 0.2) is 0 Å². The van der Waals surface area contributed by atoms with Crippen LogP contribution in [0.2, 0.25) is 0 Å². The Kier molecular flexibility index (Phi) is 5.53. The third-order valence-corrected chi connectivity index (χ3v) is 8.40. The normalized spacial score (nSPS) is 12.2. The Morgan fingerprint density at radius 2 is 0.914 bits per heavy atom. The van der Waals surface area contributed by atoms with E-state index in [2.05, 4.69) is 9.44 Å². The van der Waals surface area contributed by atoms with Crippen LogP contribution < -0.4 is 9.44 Å². The van der Waals surface area contributed by atoms with Crippen LogP contribution in [0.4, 0.5) is 11.4 Å². The summed E-state index contributed by atoms with van der Waals surface area (Å²) in [4.78, 5) is 0.0821. The van der Waals surface area contributed by atoms with Crippen molar-refractivity contribution >= 4 is 53.4 Å². The number of fused-ring (bicyclic) bond motifs is 3. The van der Waals surface area contributed by atoms with Gasteiger partial charge in [-0.3, -0.25) is 9.44 Å². The first-order valence-corrected chi connectivity index (χ1v) is 13.7. The van der Waals surface area contributed by atoms with Gasteiger partial charge in [-0.1, -0.05) is 35.4 Å². The quantitative estimate of drug-likeness (QED) is 0.303. The molecule has 0 fully saturated rings. The number of benzene rings is 4. The van der Waals surface area contributed by atoms with Crippen molar-refractivity contribution in [1.82, 2.24) is 0 Å². The van der Waals surface area contributed by atoms with Crippen molar-refractivity contribution in [2.75, 3.05) is 9.44 Å². The van der Waals surface area contributed by atoms with E-state index in [1.807, 2.05) is 38.1 Å². The zero-order valence-electron chi connectivity index (χ0n) is 18.9. The number of furan rings is 1. The summed E-state index contributed by atoms with van der Waals surface area (Å²) in [6, 6.07) is 23.1. The van der Waals surface area contributed by atoms with Gasteiger partial charge in [-0.2, -0.15) is 0 Å². The lowest BCUT2D eigenvalue weighted by Gasteiger charge is -2.09. The van der Waals surface area contributed by atoms with Gasteiger partial charge >= 0.3 is 0 Å². The number of nitrogens with one attached hydrogen (secondary N) is 2. The Morgan fingerprint density at radius 1 is 0.543 bits per heavy atom. The highest BCUT2D eigenvalue weighted by Gasteiger charge is 2.20. The molecule has 0 aliphatic carbocycles. The van der Waals surface area contributed by atoms with Crippen LogP contribution in [-0.2, 0) is 20.0 Å². The van der Waals surface area contributed by atoms with Crippen molar-refractivity contribution in [3.05, 3.63) is 96.1 Å². The third-order valence-electron chi connectivity index (χ3n) is 5.64. The SMILES string of the molecule is Cc1ccc(NS(=O)(=O)c2ccc3oc4ccc(S(=O)(=O)Nc5ccc(C)cc5)cc4c3c2)cc1. The fourth-order valence-electron chi connectivity index (χ4n) is 3.74. The first kappa shape index (κ1) is 22.9. The molecule has 0 aliphatic rings. The molecule has 5 rings (SSSR count). The van der Waals surface area contributed by atoms with Gasteiger partial charge in [0.25, 0.3) is 20.0 Å². The minimum Gasteiger partial charge on any atom is -0.456 e. The molecule has 0 spiro atoms.